The van der Waals surface area contributed by atoms with Gasteiger partial charge in [0.15, 0.2) is 4.96 Å². The minimum Gasteiger partial charge on any atom is -0.467 e. The molecular weight excluding hydrogens is 326 g/mol. The summed E-state index contributed by atoms with van der Waals surface area (Å²) < 4.78 is 13.1. The third kappa shape index (κ3) is 3.37. The van der Waals surface area contributed by atoms with E-state index in [2.05, 4.69) is 4.98 Å². The summed E-state index contributed by atoms with van der Waals surface area (Å²) in [5.41, 5.74) is 0.795. The third-order valence-electron chi connectivity index (χ3n) is 4.20. The molecular formula is C17H19N3O3S. The van der Waals surface area contributed by atoms with Gasteiger partial charge in [0.25, 0.3) is 0 Å². The Hall–Kier alpha value is -2.12. The molecule has 0 aromatic carbocycles. The average Bonchev–Trinajstić information content (AvgIpc) is 3.31. The molecule has 1 amide bonds. The first-order valence-corrected chi connectivity index (χ1v) is 8.99. The minimum absolute atomic E-state index is 0.0488. The van der Waals surface area contributed by atoms with Gasteiger partial charge in [0, 0.05) is 30.9 Å². The average molecular weight is 345 g/mol. The summed E-state index contributed by atoms with van der Waals surface area (Å²) in [6, 6.07) is 3.73. The second-order valence-corrected chi connectivity index (χ2v) is 6.86. The van der Waals surface area contributed by atoms with E-state index in [4.69, 9.17) is 9.15 Å². The number of hydrogen-bond acceptors (Lipinski definition) is 5. The number of thiazole rings is 1. The summed E-state index contributed by atoms with van der Waals surface area (Å²) >= 11 is 1.57. The zero-order valence-electron chi connectivity index (χ0n) is 13.3. The summed E-state index contributed by atoms with van der Waals surface area (Å²) in [7, 11) is 0. The number of aromatic nitrogens is 2. The molecule has 1 aliphatic heterocycles. The predicted octanol–water partition coefficient (Wildman–Crippen LogP) is 2.74. The van der Waals surface area contributed by atoms with Crippen LogP contribution in [0.25, 0.3) is 4.96 Å². The van der Waals surface area contributed by atoms with E-state index in [0.717, 1.165) is 35.9 Å². The molecule has 3 aromatic heterocycles. The van der Waals surface area contributed by atoms with Crippen molar-refractivity contribution in [1.82, 2.24) is 14.3 Å². The molecule has 3 aromatic rings. The van der Waals surface area contributed by atoms with Crippen molar-refractivity contribution in [2.75, 3.05) is 13.2 Å². The Kier molecular flexibility index (Phi) is 4.36. The fourth-order valence-electron chi connectivity index (χ4n) is 3.01. The lowest BCUT2D eigenvalue weighted by Gasteiger charge is -2.24. The van der Waals surface area contributed by atoms with Crippen molar-refractivity contribution >= 4 is 22.2 Å². The van der Waals surface area contributed by atoms with Gasteiger partial charge in [0.2, 0.25) is 5.91 Å². The lowest BCUT2D eigenvalue weighted by Crippen LogP contribution is -2.37. The zero-order valence-corrected chi connectivity index (χ0v) is 14.1. The summed E-state index contributed by atoms with van der Waals surface area (Å²) in [5.74, 6) is 0.833. The molecule has 0 N–H and O–H groups in total. The third-order valence-corrected chi connectivity index (χ3v) is 4.97. The van der Waals surface area contributed by atoms with E-state index in [-0.39, 0.29) is 12.0 Å². The van der Waals surface area contributed by atoms with Crippen LogP contribution in [0, 0.1) is 0 Å². The monoisotopic (exact) mass is 345 g/mol. The van der Waals surface area contributed by atoms with Gasteiger partial charge in [0.05, 0.1) is 31.0 Å². The Morgan fingerprint density at radius 1 is 1.50 bits per heavy atom. The topological polar surface area (TPSA) is 60.0 Å². The molecule has 24 heavy (non-hydrogen) atoms. The van der Waals surface area contributed by atoms with Crippen LogP contribution in [0.15, 0.2) is 40.6 Å². The smallest absolute Gasteiger partial charge is 0.229 e. The van der Waals surface area contributed by atoms with Gasteiger partial charge in [0.1, 0.15) is 5.76 Å². The second-order valence-electron chi connectivity index (χ2n) is 5.99. The van der Waals surface area contributed by atoms with Gasteiger partial charge < -0.3 is 14.1 Å². The number of hydrogen-bond donors (Lipinski definition) is 0. The number of carbonyl (C=O) groups is 1. The Bertz CT molecular complexity index is 774. The number of fused-ring (bicyclic) bond motifs is 1. The highest BCUT2D eigenvalue weighted by Gasteiger charge is 2.24. The van der Waals surface area contributed by atoms with Gasteiger partial charge in [-0.25, -0.2) is 4.98 Å². The molecule has 126 valence electrons. The fourth-order valence-corrected chi connectivity index (χ4v) is 3.73. The SMILES string of the molecule is O=C(Cc1cn2ccsc2n1)N(Cc1ccco1)C[C@H]1CCCO1. The Morgan fingerprint density at radius 2 is 2.46 bits per heavy atom. The second kappa shape index (κ2) is 6.78. The number of rotatable bonds is 6. The first kappa shape index (κ1) is 15.4. The van der Waals surface area contributed by atoms with Gasteiger partial charge in [-0.05, 0) is 25.0 Å². The number of furan rings is 1. The van der Waals surface area contributed by atoms with Gasteiger partial charge in [-0.1, -0.05) is 0 Å². The number of amides is 1. The molecule has 0 aliphatic carbocycles. The van der Waals surface area contributed by atoms with Crippen molar-refractivity contribution in [3.8, 4) is 0 Å². The maximum Gasteiger partial charge on any atom is 0.229 e. The molecule has 1 saturated heterocycles. The van der Waals surface area contributed by atoms with Crippen LogP contribution in [0.3, 0.4) is 0 Å². The molecule has 0 bridgehead atoms. The van der Waals surface area contributed by atoms with Crippen molar-refractivity contribution in [3.05, 3.63) is 47.6 Å². The Morgan fingerprint density at radius 3 is 3.21 bits per heavy atom. The normalized spacial score (nSPS) is 17.6. The van der Waals surface area contributed by atoms with Gasteiger partial charge >= 0.3 is 0 Å². The van der Waals surface area contributed by atoms with E-state index in [1.165, 1.54) is 0 Å². The molecule has 0 unspecified atom stereocenters. The number of carbonyl (C=O) groups excluding carboxylic acids is 1. The van der Waals surface area contributed by atoms with E-state index < -0.39 is 0 Å². The summed E-state index contributed by atoms with van der Waals surface area (Å²) in [4.78, 5) is 20.0. The van der Waals surface area contributed by atoms with Crippen LogP contribution in [-0.2, 0) is 22.5 Å². The van der Waals surface area contributed by atoms with Gasteiger partial charge in [-0.15, -0.1) is 11.3 Å². The quantitative estimate of drug-likeness (QED) is 0.689. The molecule has 6 nitrogen and oxygen atoms in total. The van der Waals surface area contributed by atoms with E-state index >= 15 is 0 Å². The molecule has 0 spiro atoms. The van der Waals surface area contributed by atoms with Crippen LogP contribution in [-0.4, -0.2) is 39.4 Å². The van der Waals surface area contributed by atoms with Crippen molar-refractivity contribution < 1.29 is 13.9 Å². The molecule has 4 heterocycles. The Balaban J connectivity index is 1.47. The lowest BCUT2D eigenvalue weighted by molar-refractivity contribution is -0.133. The maximum absolute atomic E-state index is 12.8. The molecule has 0 saturated carbocycles. The van der Waals surface area contributed by atoms with Gasteiger partial charge in [-0.3, -0.25) is 9.20 Å². The first-order chi connectivity index (χ1) is 11.8. The van der Waals surface area contributed by atoms with Crippen LogP contribution < -0.4 is 0 Å². The fraction of sp³-hybridized carbons (Fsp3) is 0.412. The molecule has 1 atom stereocenters. The van der Waals surface area contributed by atoms with Crippen LogP contribution in [0.2, 0.25) is 0 Å². The Labute approximate surface area is 143 Å². The van der Waals surface area contributed by atoms with Crippen molar-refractivity contribution in [2.24, 2.45) is 0 Å². The molecule has 1 aliphatic rings. The van der Waals surface area contributed by atoms with Crippen LogP contribution >= 0.6 is 11.3 Å². The van der Waals surface area contributed by atoms with E-state index in [0.29, 0.717) is 19.5 Å². The predicted molar refractivity (Wildman–Crippen MR) is 89.9 cm³/mol. The number of imidazole rings is 1. The number of nitrogens with zero attached hydrogens (tertiary/aromatic N) is 3. The lowest BCUT2D eigenvalue weighted by atomic mass is 10.2. The molecule has 1 fully saturated rings. The maximum atomic E-state index is 12.8. The van der Waals surface area contributed by atoms with Crippen LogP contribution in [0.1, 0.15) is 24.3 Å². The first-order valence-electron chi connectivity index (χ1n) is 8.11. The molecule has 0 radical (unpaired) electrons. The minimum atomic E-state index is 0.0488. The van der Waals surface area contributed by atoms with E-state index in [1.807, 2.05) is 39.2 Å². The molecule has 7 heteroatoms. The van der Waals surface area contributed by atoms with E-state index in [1.54, 1.807) is 17.6 Å². The highest BCUT2D eigenvalue weighted by molar-refractivity contribution is 7.15. The van der Waals surface area contributed by atoms with Crippen LogP contribution in [0.4, 0.5) is 0 Å². The standard InChI is InChI=1S/C17H19N3O3S/c21-16(9-13-10-19-5-8-24-17(19)18-13)20(11-14-3-1-6-22-14)12-15-4-2-7-23-15/h1,3,5-6,8,10,15H,2,4,7,9,11-12H2/t15-/m1/s1. The molecule has 4 rings (SSSR count). The zero-order chi connectivity index (χ0) is 16.4. The van der Waals surface area contributed by atoms with Crippen molar-refractivity contribution in [3.63, 3.8) is 0 Å². The number of ether oxygens (including phenoxy) is 1. The highest BCUT2D eigenvalue weighted by Crippen LogP contribution is 2.17. The van der Waals surface area contributed by atoms with Crippen molar-refractivity contribution in [2.45, 2.75) is 31.9 Å². The van der Waals surface area contributed by atoms with Crippen molar-refractivity contribution in [1.29, 1.82) is 0 Å². The van der Waals surface area contributed by atoms with E-state index in [9.17, 15) is 4.79 Å². The van der Waals surface area contributed by atoms with Gasteiger partial charge in [-0.2, -0.15) is 0 Å². The summed E-state index contributed by atoms with van der Waals surface area (Å²) in [6.45, 7) is 1.85. The highest BCUT2D eigenvalue weighted by atomic mass is 32.1. The summed E-state index contributed by atoms with van der Waals surface area (Å²) in [6.07, 6.45) is 7.98. The van der Waals surface area contributed by atoms with Crippen LogP contribution in [0.5, 0.6) is 0 Å². The summed E-state index contributed by atoms with van der Waals surface area (Å²) in [5, 5.41) is 1.98. The largest absolute Gasteiger partial charge is 0.467 e.